The van der Waals surface area contributed by atoms with Crippen LogP contribution in [0.1, 0.15) is 29.6 Å². The average Bonchev–Trinajstić information content (AvgIpc) is 2.76. The highest BCUT2D eigenvalue weighted by Crippen LogP contribution is 2.28. The number of hydrogen-bond acceptors (Lipinski definition) is 5. The van der Waals surface area contributed by atoms with Crippen molar-refractivity contribution in [3.8, 4) is 5.75 Å². The number of halogens is 2. The van der Waals surface area contributed by atoms with E-state index < -0.39 is 6.10 Å². The van der Waals surface area contributed by atoms with Gasteiger partial charge in [-0.2, -0.15) is 0 Å². The van der Waals surface area contributed by atoms with Gasteiger partial charge in [0.1, 0.15) is 11.9 Å². The smallest absolute Gasteiger partial charge is 0.274 e. The largest absolute Gasteiger partial charge is 0.490 e. The van der Waals surface area contributed by atoms with E-state index in [1.807, 2.05) is 12.1 Å². The van der Waals surface area contributed by atoms with E-state index in [9.17, 15) is 9.90 Å². The summed E-state index contributed by atoms with van der Waals surface area (Å²) in [4.78, 5) is 19.3. The second-order valence-electron chi connectivity index (χ2n) is 7.28. The molecule has 8 heteroatoms. The number of hydrogen-bond donors (Lipinski definition) is 2. The number of hydroxylamine groups is 1. The fraction of sp³-hybridized carbons (Fsp3) is 0.409. The summed E-state index contributed by atoms with van der Waals surface area (Å²) in [6, 6.07) is 14.1. The lowest BCUT2D eigenvalue weighted by atomic mass is 10.1. The zero-order valence-corrected chi connectivity index (χ0v) is 18.1. The molecular formula is C22H26Cl2N2O4. The molecule has 0 radical (unpaired) electrons. The molecule has 30 heavy (non-hydrogen) atoms. The normalized spacial score (nSPS) is 16.2. The van der Waals surface area contributed by atoms with E-state index in [0.717, 1.165) is 31.7 Å². The highest BCUT2D eigenvalue weighted by atomic mass is 35.5. The molecule has 0 unspecified atom stereocenters. The summed E-state index contributed by atoms with van der Waals surface area (Å²) in [5, 5.41) is 11.2. The van der Waals surface area contributed by atoms with Crippen LogP contribution >= 0.6 is 23.2 Å². The van der Waals surface area contributed by atoms with Gasteiger partial charge in [0, 0.05) is 37.7 Å². The second kappa shape index (κ2) is 11.5. The number of ether oxygens (including phenoxy) is 1. The quantitative estimate of drug-likeness (QED) is 0.445. The van der Waals surface area contributed by atoms with Gasteiger partial charge in [-0.25, -0.2) is 5.48 Å². The highest BCUT2D eigenvalue weighted by molar-refractivity contribution is 6.42. The SMILES string of the molecule is O=C(NOCC[C@@H](O)CN1CCC(Oc2ccc(Cl)c(Cl)c2)CC1)c1ccccc1. The molecule has 2 aromatic carbocycles. The first-order chi connectivity index (χ1) is 14.5. The van der Waals surface area contributed by atoms with Crippen molar-refractivity contribution in [3.05, 3.63) is 64.1 Å². The Morgan fingerprint density at radius 2 is 1.87 bits per heavy atom. The first-order valence-corrected chi connectivity index (χ1v) is 10.8. The molecule has 3 rings (SSSR count). The first kappa shape index (κ1) is 22.8. The van der Waals surface area contributed by atoms with Gasteiger partial charge in [-0.3, -0.25) is 9.63 Å². The number of rotatable bonds is 9. The maximum absolute atomic E-state index is 11.9. The molecule has 0 saturated carbocycles. The molecule has 1 fully saturated rings. The number of β-amino-alcohol motifs (C(OH)–C–C–N with tert-alkyl or cyclic N) is 1. The molecule has 0 spiro atoms. The molecule has 1 saturated heterocycles. The molecule has 1 heterocycles. The molecular weight excluding hydrogens is 427 g/mol. The molecule has 1 amide bonds. The van der Waals surface area contributed by atoms with Crippen molar-refractivity contribution in [1.29, 1.82) is 0 Å². The fourth-order valence-electron chi connectivity index (χ4n) is 3.30. The van der Waals surface area contributed by atoms with E-state index in [0.29, 0.717) is 28.6 Å². The predicted molar refractivity (Wildman–Crippen MR) is 117 cm³/mol. The third-order valence-electron chi connectivity index (χ3n) is 4.95. The lowest BCUT2D eigenvalue weighted by molar-refractivity contribution is 0.00646. The molecule has 0 aromatic heterocycles. The maximum Gasteiger partial charge on any atom is 0.274 e. The predicted octanol–water partition coefficient (Wildman–Crippen LogP) is 3.95. The number of aliphatic hydroxyl groups excluding tert-OH is 1. The molecule has 2 N–H and O–H groups in total. The zero-order valence-electron chi connectivity index (χ0n) is 16.6. The second-order valence-corrected chi connectivity index (χ2v) is 8.10. The lowest BCUT2D eigenvalue weighted by Gasteiger charge is -2.33. The minimum Gasteiger partial charge on any atom is -0.490 e. The van der Waals surface area contributed by atoms with E-state index in [2.05, 4.69) is 10.4 Å². The van der Waals surface area contributed by atoms with Crippen molar-refractivity contribution in [2.45, 2.75) is 31.5 Å². The van der Waals surface area contributed by atoms with Crippen LogP contribution in [-0.4, -0.2) is 54.4 Å². The average molecular weight is 453 g/mol. The summed E-state index contributed by atoms with van der Waals surface area (Å²) < 4.78 is 5.99. The number of nitrogens with one attached hydrogen (secondary N) is 1. The summed E-state index contributed by atoms with van der Waals surface area (Å²) in [6.45, 7) is 2.50. The number of benzene rings is 2. The van der Waals surface area contributed by atoms with Gasteiger partial charge >= 0.3 is 0 Å². The molecule has 0 bridgehead atoms. The van der Waals surface area contributed by atoms with Crippen LogP contribution in [0.3, 0.4) is 0 Å². The number of likely N-dealkylation sites (tertiary alicyclic amines) is 1. The molecule has 1 atom stereocenters. The van der Waals surface area contributed by atoms with E-state index in [4.69, 9.17) is 32.8 Å². The van der Waals surface area contributed by atoms with Gasteiger partial charge < -0.3 is 14.7 Å². The number of nitrogens with zero attached hydrogens (tertiary/aromatic N) is 1. The van der Waals surface area contributed by atoms with Gasteiger partial charge in [0.2, 0.25) is 0 Å². The summed E-state index contributed by atoms with van der Waals surface area (Å²) in [5.74, 6) is 0.423. The lowest BCUT2D eigenvalue weighted by Crippen LogP contribution is -2.42. The number of carbonyl (C=O) groups excluding carboxylic acids is 1. The molecule has 1 aliphatic rings. The van der Waals surface area contributed by atoms with E-state index in [1.165, 1.54) is 0 Å². The third-order valence-corrected chi connectivity index (χ3v) is 5.69. The van der Waals surface area contributed by atoms with Gasteiger partial charge in [-0.05, 0) is 37.1 Å². The van der Waals surface area contributed by atoms with Crippen LogP contribution < -0.4 is 10.2 Å². The summed E-state index contributed by atoms with van der Waals surface area (Å²) >= 11 is 12.0. The minimum atomic E-state index is -0.522. The Kier molecular flexibility index (Phi) is 8.78. The van der Waals surface area contributed by atoms with Gasteiger partial charge in [0.05, 0.1) is 22.8 Å². The summed E-state index contributed by atoms with van der Waals surface area (Å²) in [5.41, 5.74) is 2.93. The van der Waals surface area contributed by atoms with Crippen LogP contribution in [-0.2, 0) is 4.84 Å². The van der Waals surface area contributed by atoms with Gasteiger partial charge in [0.25, 0.3) is 5.91 Å². The summed E-state index contributed by atoms with van der Waals surface area (Å²) in [7, 11) is 0. The highest BCUT2D eigenvalue weighted by Gasteiger charge is 2.22. The van der Waals surface area contributed by atoms with Crippen LogP contribution in [0, 0.1) is 0 Å². The van der Waals surface area contributed by atoms with Crippen LogP contribution in [0.4, 0.5) is 0 Å². The Balaban J connectivity index is 1.29. The topological polar surface area (TPSA) is 71.0 Å². The standard InChI is InChI=1S/C22H26Cl2N2O4/c23-20-7-6-19(14-21(20)24)30-18-8-11-26(12-9-18)15-17(27)10-13-29-25-22(28)16-4-2-1-3-5-16/h1-7,14,17-18,27H,8-13,15H2,(H,25,28)/t17-/m1/s1. The van der Waals surface area contributed by atoms with Crippen molar-refractivity contribution >= 4 is 29.1 Å². The maximum atomic E-state index is 11.9. The van der Waals surface area contributed by atoms with E-state index in [-0.39, 0.29) is 18.6 Å². The number of aliphatic hydroxyl groups is 1. The first-order valence-electron chi connectivity index (χ1n) is 10.0. The van der Waals surface area contributed by atoms with Crippen molar-refractivity contribution in [2.75, 3.05) is 26.2 Å². The third kappa shape index (κ3) is 7.15. The van der Waals surface area contributed by atoms with Crippen molar-refractivity contribution in [2.24, 2.45) is 0 Å². The number of carbonyl (C=O) groups is 1. The molecule has 1 aliphatic heterocycles. The van der Waals surface area contributed by atoms with E-state index in [1.54, 1.807) is 36.4 Å². The Bertz CT molecular complexity index is 814. The monoisotopic (exact) mass is 452 g/mol. The van der Waals surface area contributed by atoms with Gasteiger partial charge in [0.15, 0.2) is 0 Å². The van der Waals surface area contributed by atoms with Crippen LogP contribution in [0.2, 0.25) is 10.0 Å². The van der Waals surface area contributed by atoms with Gasteiger partial charge in [-0.15, -0.1) is 0 Å². The number of piperidine rings is 1. The summed E-state index contributed by atoms with van der Waals surface area (Å²) in [6.07, 6.45) is 1.78. The molecule has 6 nitrogen and oxygen atoms in total. The Morgan fingerprint density at radius 3 is 2.57 bits per heavy atom. The molecule has 162 valence electrons. The Morgan fingerprint density at radius 1 is 1.13 bits per heavy atom. The van der Waals surface area contributed by atoms with E-state index >= 15 is 0 Å². The fourth-order valence-corrected chi connectivity index (χ4v) is 3.59. The van der Waals surface area contributed by atoms with Gasteiger partial charge in [-0.1, -0.05) is 41.4 Å². The number of amides is 1. The zero-order chi connectivity index (χ0) is 21.3. The van der Waals surface area contributed by atoms with Crippen LogP contribution in [0.15, 0.2) is 48.5 Å². The minimum absolute atomic E-state index is 0.118. The Labute approximate surface area is 186 Å². The van der Waals surface area contributed by atoms with Crippen molar-refractivity contribution in [1.82, 2.24) is 10.4 Å². The van der Waals surface area contributed by atoms with Crippen molar-refractivity contribution < 1.29 is 19.5 Å². The van der Waals surface area contributed by atoms with Crippen molar-refractivity contribution in [3.63, 3.8) is 0 Å². The van der Waals surface area contributed by atoms with Crippen LogP contribution in [0.5, 0.6) is 5.75 Å². The Hall–Kier alpha value is -1.83. The molecule has 0 aliphatic carbocycles. The molecule has 2 aromatic rings. The van der Waals surface area contributed by atoms with Crippen LogP contribution in [0.25, 0.3) is 0 Å².